The summed E-state index contributed by atoms with van der Waals surface area (Å²) in [7, 11) is 0. The molecule has 0 aliphatic carbocycles. The van der Waals surface area contributed by atoms with E-state index in [2.05, 4.69) is 10.6 Å². The van der Waals surface area contributed by atoms with Crippen molar-refractivity contribution in [2.75, 3.05) is 18.5 Å². The van der Waals surface area contributed by atoms with Gasteiger partial charge in [-0.3, -0.25) is 14.4 Å². The summed E-state index contributed by atoms with van der Waals surface area (Å²) in [6.07, 6.45) is -0.293. The number of nitrogens with one attached hydrogen (secondary N) is 2. The molecule has 2 aromatic rings. The molecule has 1 aromatic carbocycles. The number of hydrogen-bond acceptors (Lipinski definition) is 8. The Morgan fingerprint density at radius 2 is 1.76 bits per heavy atom. The Bertz CT molecular complexity index is 1100. The molecule has 10 nitrogen and oxygen atoms in total. The maximum Gasteiger partial charge on any atom is 0.341 e. The van der Waals surface area contributed by atoms with Crippen LogP contribution in [0.1, 0.15) is 57.5 Å². The minimum atomic E-state index is -0.841. The normalized spacial score (nSPS) is 11.3. The number of benzene rings is 1. The van der Waals surface area contributed by atoms with Crippen molar-refractivity contribution < 1.29 is 33.4 Å². The van der Waals surface area contributed by atoms with Crippen LogP contribution in [0.2, 0.25) is 5.02 Å². The predicted octanol–water partition coefficient (Wildman–Crippen LogP) is 3.37. The number of ketones is 1. The number of carbonyl (C=O) groups excluding carboxylic acids is 5. The van der Waals surface area contributed by atoms with Crippen molar-refractivity contribution in [3.63, 3.8) is 0 Å². The van der Waals surface area contributed by atoms with Gasteiger partial charge < -0.3 is 25.8 Å². The first-order chi connectivity index (χ1) is 16.0. The van der Waals surface area contributed by atoms with Gasteiger partial charge in [0.1, 0.15) is 5.00 Å². The van der Waals surface area contributed by atoms with Crippen LogP contribution >= 0.6 is 22.9 Å². The van der Waals surface area contributed by atoms with E-state index >= 15 is 0 Å². The molecule has 34 heavy (non-hydrogen) atoms. The molecule has 4 N–H and O–H groups in total. The van der Waals surface area contributed by atoms with Crippen molar-refractivity contribution in [3.05, 3.63) is 50.9 Å². The van der Waals surface area contributed by atoms with E-state index in [-0.39, 0.29) is 29.4 Å². The third-order valence-electron chi connectivity index (χ3n) is 4.52. The maximum absolute atomic E-state index is 12.4. The third kappa shape index (κ3) is 7.29. The Morgan fingerprint density at radius 1 is 1.12 bits per heavy atom. The monoisotopic (exact) mass is 509 g/mol. The highest BCUT2D eigenvalue weighted by atomic mass is 35.5. The standard InChI is InChI=1S/C22H24ClN3O7S/c1-4-32-21(30)18-11(2)19(12(3)27)34-20(18)26-16(28)10-33-17(29)9-15(25-22(24)31)13-5-7-14(23)8-6-13/h5-8,15H,4,9-10H2,1-3H3,(H,26,28)(H3,24,25,31)/t15-/m1/s1. The van der Waals surface area contributed by atoms with E-state index in [4.69, 9.17) is 26.8 Å². The molecule has 0 radical (unpaired) electrons. The SMILES string of the molecule is CCOC(=O)c1c(NC(=O)COC(=O)C[C@@H](NC(N)=O)c2ccc(Cl)cc2)sc(C(C)=O)c1C. The molecule has 0 aliphatic heterocycles. The van der Waals surface area contributed by atoms with Crippen LogP contribution < -0.4 is 16.4 Å². The molecule has 0 unspecified atom stereocenters. The largest absolute Gasteiger partial charge is 0.462 e. The van der Waals surface area contributed by atoms with Gasteiger partial charge in [0.15, 0.2) is 12.4 Å². The Kier molecular flexibility index (Phi) is 9.58. The van der Waals surface area contributed by atoms with Crippen LogP contribution in [0.3, 0.4) is 0 Å². The second-order valence-electron chi connectivity index (χ2n) is 7.06. The number of Topliss-reactive ketones (excluding diaryl/α,β-unsaturated/α-hetero) is 1. The minimum absolute atomic E-state index is 0.0742. The van der Waals surface area contributed by atoms with Gasteiger partial charge in [-0.15, -0.1) is 11.3 Å². The summed E-state index contributed by atoms with van der Waals surface area (Å²) in [6, 6.07) is 4.78. The molecule has 2 rings (SSSR count). The zero-order chi connectivity index (χ0) is 25.4. The molecule has 0 aliphatic rings. The zero-order valence-corrected chi connectivity index (χ0v) is 20.3. The molecule has 3 amide bonds. The molecule has 1 heterocycles. The molecule has 0 fully saturated rings. The summed E-state index contributed by atoms with van der Waals surface area (Å²) in [5.41, 5.74) is 6.22. The molecule has 12 heteroatoms. The van der Waals surface area contributed by atoms with Gasteiger partial charge in [-0.1, -0.05) is 23.7 Å². The number of amides is 3. The van der Waals surface area contributed by atoms with Crippen molar-refractivity contribution in [3.8, 4) is 0 Å². The number of esters is 2. The molecular formula is C22H24ClN3O7S. The average Bonchev–Trinajstić information content (AvgIpc) is 3.08. The molecule has 0 saturated heterocycles. The van der Waals surface area contributed by atoms with E-state index in [0.717, 1.165) is 11.3 Å². The number of urea groups is 1. The first kappa shape index (κ1) is 26.8. The van der Waals surface area contributed by atoms with E-state index in [9.17, 15) is 24.0 Å². The highest BCUT2D eigenvalue weighted by Gasteiger charge is 2.26. The fourth-order valence-electron chi connectivity index (χ4n) is 3.04. The highest BCUT2D eigenvalue weighted by molar-refractivity contribution is 7.18. The molecular weight excluding hydrogens is 486 g/mol. The molecule has 0 saturated carbocycles. The number of rotatable bonds is 10. The quantitative estimate of drug-likeness (QED) is 0.327. The van der Waals surface area contributed by atoms with E-state index < -0.39 is 36.5 Å². The van der Waals surface area contributed by atoms with E-state index in [0.29, 0.717) is 21.0 Å². The summed E-state index contributed by atoms with van der Waals surface area (Å²) < 4.78 is 10.0. The Labute approximate surface area is 204 Å². The summed E-state index contributed by atoms with van der Waals surface area (Å²) in [5.74, 6) is -2.45. The maximum atomic E-state index is 12.4. The summed E-state index contributed by atoms with van der Waals surface area (Å²) in [6.45, 7) is 4.02. The number of hydrogen-bond donors (Lipinski definition) is 3. The smallest absolute Gasteiger partial charge is 0.341 e. The second kappa shape index (κ2) is 12.1. The molecule has 182 valence electrons. The van der Waals surface area contributed by atoms with Crippen LogP contribution in [0.5, 0.6) is 0 Å². The van der Waals surface area contributed by atoms with Crippen molar-refractivity contribution in [1.82, 2.24) is 5.32 Å². The number of nitrogens with two attached hydrogens (primary N) is 1. The van der Waals surface area contributed by atoms with Gasteiger partial charge in [-0.05, 0) is 44.0 Å². The van der Waals surface area contributed by atoms with Gasteiger partial charge in [-0.2, -0.15) is 0 Å². The topological polar surface area (TPSA) is 154 Å². The lowest BCUT2D eigenvalue weighted by Gasteiger charge is -2.17. The first-order valence-corrected chi connectivity index (χ1v) is 11.3. The lowest BCUT2D eigenvalue weighted by molar-refractivity contribution is -0.147. The first-order valence-electron chi connectivity index (χ1n) is 10.1. The zero-order valence-electron chi connectivity index (χ0n) is 18.7. The number of primary amides is 1. The predicted molar refractivity (Wildman–Crippen MR) is 126 cm³/mol. The van der Waals surface area contributed by atoms with E-state index in [1.54, 1.807) is 38.1 Å². The van der Waals surface area contributed by atoms with Crippen LogP contribution in [-0.4, -0.2) is 42.9 Å². The van der Waals surface area contributed by atoms with Crippen LogP contribution in [0.15, 0.2) is 24.3 Å². The third-order valence-corrected chi connectivity index (χ3v) is 6.08. The summed E-state index contributed by atoms with van der Waals surface area (Å²) in [5, 5.41) is 5.52. The van der Waals surface area contributed by atoms with E-state index in [1.807, 2.05) is 0 Å². The van der Waals surface area contributed by atoms with Crippen LogP contribution in [0.4, 0.5) is 9.80 Å². The second-order valence-corrected chi connectivity index (χ2v) is 8.52. The van der Waals surface area contributed by atoms with Crippen LogP contribution in [-0.2, 0) is 19.1 Å². The van der Waals surface area contributed by atoms with Crippen molar-refractivity contribution in [1.29, 1.82) is 0 Å². The van der Waals surface area contributed by atoms with Gasteiger partial charge >= 0.3 is 18.0 Å². The van der Waals surface area contributed by atoms with Gasteiger partial charge in [0.05, 0.1) is 29.5 Å². The van der Waals surface area contributed by atoms with Crippen LogP contribution in [0.25, 0.3) is 0 Å². The Balaban J connectivity index is 2.06. The number of halogens is 1. The summed E-state index contributed by atoms with van der Waals surface area (Å²) >= 11 is 6.79. The fraction of sp³-hybridized carbons (Fsp3) is 0.318. The minimum Gasteiger partial charge on any atom is -0.462 e. The van der Waals surface area contributed by atoms with Gasteiger partial charge in [0.25, 0.3) is 5.91 Å². The lowest BCUT2D eigenvalue weighted by atomic mass is 10.0. The summed E-state index contributed by atoms with van der Waals surface area (Å²) in [4.78, 5) is 60.5. The molecule has 0 spiro atoms. The molecule has 0 bridgehead atoms. The Morgan fingerprint density at radius 3 is 2.32 bits per heavy atom. The molecule has 1 atom stereocenters. The van der Waals surface area contributed by atoms with Crippen molar-refractivity contribution >= 4 is 57.6 Å². The van der Waals surface area contributed by atoms with E-state index in [1.165, 1.54) is 6.92 Å². The van der Waals surface area contributed by atoms with Crippen molar-refractivity contribution in [2.45, 2.75) is 33.2 Å². The van der Waals surface area contributed by atoms with Gasteiger partial charge in [-0.25, -0.2) is 9.59 Å². The van der Waals surface area contributed by atoms with Gasteiger partial charge in [0.2, 0.25) is 0 Å². The number of thiophene rings is 1. The average molecular weight is 510 g/mol. The molecule has 1 aromatic heterocycles. The van der Waals surface area contributed by atoms with Crippen LogP contribution in [0, 0.1) is 6.92 Å². The number of carbonyl (C=O) groups is 5. The highest BCUT2D eigenvalue weighted by Crippen LogP contribution is 2.34. The number of anilines is 1. The number of ether oxygens (including phenoxy) is 2. The Hall–Kier alpha value is -3.44. The lowest BCUT2D eigenvalue weighted by Crippen LogP contribution is -2.35. The van der Waals surface area contributed by atoms with Crippen molar-refractivity contribution in [2.24, 2.45) is 5.73 Å². The van der Waals surface area contributed by atoms with Gasteiger partial charge in [0, 0.05) is 5.02 Å². The fourth-order valence-corrected chi connectivity index (χ4v) is 4.27.